The lowest BCUT2D eigenvalue weighted by molar-refractivity contribution is -0.123. The van der Waals surface area contributed by atoms with Crippen molar-refractivity contribution < 1.29 is 4.79 Å². The lowest BCUT2D eigenvalue weighted by atomic mass is 10.0. The smallest absolute Gasteiger partial charge is 0.237 e. The van der Waals surface area contributed by atoms with Crippen LogP contribution >= 0.6 is 15.9 Å². The highest BCUT2D eigenvalue weighted by Crippen LogP contribution is 2.11. The van der Waals surface area contributed by atoms with Crippen molar-refractivity contribution in [1.29, 1.82) is 0 Å². The second-order valence-electron chi connectivity index (χ2n) is 4.12. The first-order valence-electron chi connectivity index (χ1n) is 5.28. The molecule has 1 aromatic carbocycles. The normalized spacial score (nSPS) is 12.6. The van der Waals surface area contributed by atoms with Crippen molar-refractivity contribution in [2.45, 2.75) is 26.4 Å². The number of nitrogens with two attached hydrogens (primary N) is 1. The number of rotatable bonds is 4. The van der Waals surface area contributed by atoms with E-state index in [1.807, 2.05) is 38.1 Å². The Kier molecular flexibility index (Phi) is 4.96. The fourth-order valence-corrected chi connectivity index (χ4v) is 1.70. The SMILES string of the molecule is CC(C)[C@@H](N)C(=O)NCc1cccc(Br)c1. The van der Waals surface area contributed by atoms with Crippen LogP contribution in [0.15, 0.2) is 28.7 Å². The number of nitrogens with one attached hydrogen (secondary N) is 1. The highest BCUT2D eigenvalue weighted by Gasteiger charge is 2.16. The van der Waals surface area contributed by atoms with Gasteiger partial charge >= 0.3 is 0 Å². The van der Waals surface area contributed by atoms with Gasteiger partial charge in [-0.05, 0) is 23.6 Å². The Hall–Kier alpha value is -0.870. The van der Waals surface area contributed by atoms with Crippen LogP contribution in [0.2, 0.25) is 0 Å². The number of benzene rings is 1. The molecule has 0 fully saturated rings. The van der Waals surface area contributed by atoms with Crippen LogP contribution in [-0.2, 0) is 11.3 Å². The van der Waals surface area contributed by atoms with Gasteiger partial charge in [-0.25, -0.2) is 0 Å². The van der Waals surface area contributed by atoms with E-state index in [4.69, 9.17) is 5.73 Å². The predicted molar refractivity (Wildman–Crippen MR) is 68.8 cm³/mol. The zero-order valence-corrected chi connectivity index (χ0v) is 11.1. The minimum absolute atomic E-state index is 0.102. The first-order valence-corrected chi connectivity index (χ1v) is 6.07. The maximum atomic E-state index is 11.6. The van der Waals surface area contributed by atoms with E-state index >= 15 is 0 Å². The van der Waals surface area contributed by atoms with Gasteiger partial charge in [-0.1, -0.05) is 41.9 Å². The zero-order valence-electron chi connectivity index (χ0n) is 9.53. The van der Waals surface area contributed by atoms with Crippen molar-refractivity contribution in [3.05, 3.63) is 34.3 Å². The van der Waals surface area contributed by atoms with Gasteiger partial charge in [0.1, 0.15) is 0 Å². The van der Waals surface area contributed by atoms with Crippen molar-refractivity contribution in [1.82, 2.24) is 5.32 Å². The third-order valence-corrected chi connectivity index (χ3v) is 2.87. The quantitative estimate of drug-likeness (QED) is 0.889. The third kappa shape index (κ3) is 3.94. The fraction of sp³-hybridized carbons (Fsp3) is 0.417. The van der Waals surface area contributed by atoms with Crippen molar-refractivity contribution in [2.75, 3.05) is 0 Å². The molecule has 4 heteroatoms. The van der Waals surface area contributed by atoms with Crippen molar-refractivity contribution in [2.24, 2.45) is 11.7 Å². The van der Waals surface area contributed by atoms with Crippen LogP contribution < -0.4 is 11.1 Å². The van der Waals surface area contributed by atoms with Crippen LogP contribution in [0.25, 0.3) is 0 Å². The molecule has 0 unspecified atom stereocenters. The Morgan fingerprint density at radius 3 is 2.75 bits per heavy atom. The topological polar surface area (TPSA) is 55.1 Å². The van der Waals surface area contributed by atoms with Crippen LogP contribution in [0.1, 0.15) is 19.4 Å². The number of halogens is 1. The van der Waals surface area contributed by atoms with E-state index < -0.39 is 6.04 Å². The second kappa shape index (κ2) is 6.01. The molecule has 0 aromatic heterocycles. The first kappa shape index (κ1) is 13.2. The molecule has 3 nitrogen and oxygen atoms in total. The molecule has 0 aliphatic carbocycles. The molecule has 0 radical (unpaired) electrons. The van der Waals surface area contributed by atoms with Gasteiger partial charge in [-0.3, -0.25) is 4.79 Å². The molecule has 0 spiro atoms. The van der Waals surface area contributed by atoms with E-state index in [1.165, 1.54) is 0 Å². The summed E-state index contributed by atoms with van der Waals surface area (Å²) in [4.78, 5) is 11.6. The summed E-state index contributed by atoms with van der Waals surface area (Å²) in [5, 5.41) is 2.82. The largest absolute Gasteiger partial charge is 0.351 e. The Morgan fingerprint density at radius 2 is 2.19 bits per heavy atom. The minimum atomic E-state index is -0.438. The van der Waals surface area contributed by atoms with Crippen LogP contribution in [0.4, 0.5) is 0 Å². The summed E-state index contributed by atoms with van der Waals surface area (Å²) in [5.74, 6) is 0.0532. The number of hydrogen-bond acceptors (Lipinski definition) is 2. The molecule has 0 aliphatic rings. The molecule has 0 saturated carbocycles. The average Bonchev–Trinajstić information content (AvgIpc) is 2.24. The van der Waals surface area contributed by atoms with Crippen LogP contribution in [0.5, 0.6) is 0 Å². The van der Waals surface area contributed by atoms with E-state index in [9.17, 15) is 4.79 Å². The Bertz CT molecular complexity index is 366. The zero-order chi connectivity index (χ0) is 12.1. The second-order valence-corrected chi connectivity index (χ2v) is 5.03. The summed E-state index contributed by atoms with van der Waals surface area (Å²) in [5.41, 5.74) is 6.79. The first-order chi connectivity index (χ1) is 7.50. The molecular formula is C12H17BrN2O. The Labute approximate surface area is 105 Å². The molecule has 1 rings (SSSR count). The van der Waals surface area contributed by atoms with Gasteiger partial charge in [0.05, 0.1) is 6.04 Å². The lowest BCUT2D eigenvalue weighted by Gasteiger charge is -2.15. The molecule has 0 aliphatic heterocycles. The van der Waals surface area contributed by atoms with Crippen LogP contribution in [0, 0.1) is 5.92 Å². The van der Waals surface area contributed by atoms with E-state index in [0.717, 1.165) is 10.0 Å². The molecule has 1 atom stereocenters. The predicted octanol–water partition coefficient (Wildman–Crippen LogP) is 2.05. The summed E-state index contributed by atoms with van der Waals surface area (Å²) in [7, 11) is 0. The number of carbonyl (C=O) groups excluding carboxylic acids is 1. The van der Waals surface area contributed by atoms with Crippen molar-refractivity contribution in [3.8, 4) is 0 Å². The van der Waals surface area contributed by atoms with Crippen LogP contribution in [0.3, 0.4) is 0 Å². The molecule has 0 bridgehead atoms. The maximum Gasteiger partial charge on any atom is 0.237 e. The summed E-state index contributed by atoms with van der Waals surface area (Å²) in [6.45, 7) is 4.38. The van der Waals surface area contributed by atoms with Gasteiger partial charge < -0.3 is 11.1 Å². The lowest BCUT2D eigenvalue weighted by Crippen LogP contribution is -2.43. The fourth-order valence-electron chi connectivity index (χ4n) is 1.26. The third-order valence-electron chi connectivity index (χ3n) is 2.38. The van der Waals surface area contributed by atoms with E-state index in [-0.39, 0.29) is 11.8 Å². The molecule has 0 heterocycles. The summed E-state index contributed by atoms with van der Waals surface area (Å²) >= 11 is 3.38. The summed E-state index contributed by atoms with van der Waals surface area (Å²) < 4.78 is 1.01. The van der Waals surface area contributed by atoms with Gasteiger partial charge in [0, 0.05) is 11.0 Å². The molecule has 88 valence electrons. The molecule has 16 heavy (non-hydrogen) atoms. The molecule has 3 N–H and O–H groups in total. The highest BCUT2D eigenvalue weighted by molar-refractivity contribution is 9.10. The van der Waals surface area contributed by atoms with Gasteiger partial charge in [0.25, 0.3) is 0 Å². The molecule has 0 saturated heterocycles. The van der Waals surface area contributed by atoms with E-state index in [2.05, 4.69) is 21.2 Å². The van der Waals surface area contributed by atoms with Gasteiger partial charge in [0.2, 0.25) is 5.91 Å². The number of amides is 1. The monoisotopic (exact) mass is 284 g/mol. The standard InChI is InChI=1S/C12H17BrN2O/c1-8(2)11(14)12(16)15-7-9-4-3-5-10(13)6-9/h3-6,8,11H,7,14H2,1-2H3,(H,15,16)/t11-/m1/s1. The highest BCUT2D eigenvalue weighted by atomic mass is 79.9. The number of hydrogen-bond donors (Lipinski definition) is 2. The molecular weight excluding hydrogens is 268 g/mol. The maximum absolute atomic E-state index is 11.6. The molecule has 1 amide bonds. The summed E-state index contributed by atoms with van der Waals surface area (Å²) in [6, 6.07) is 7.39. The van der Waals surface area contributed by atoms with Gasteiger partial charge in [-0.2, -0.15) is 0 Å². The van der Waals surface area contributed by atoms with E-state index in [1.54, 1.807) is 0 Å². The summed E-state index contributed by atoms with van der Waals surface area (Å²) in [6.07, 6.45) is 0. The molecule has 1 aromatic rings. The van der Waals surface area contributed by atoms with Crippen LogP contribution in [-0.4, -0.2) is 11.9 Å². The minimum Gasteiger partial charge on any atom is -0.351 e. The van der Waals surface area contributed by atoms with Gasteiger partial charge in [0.15, 0.2) is 0 Å². The van der Waals surface area contributed by atoms with Crippen molar-refractivity contribution in [3.63, 3.8) is 0 Å². The average molecular weight is 285 g/mol. The number of carbonyl (C=O) groups is 1. The Morgan fingerprint density at radius 1 is 1.50 bits per heavy atom. The van der Waals surface area contributed by atoms with E-state index in [0.29, 0.717) is 6.54 Å². The van der Waals surface area contributed by atoms with Crippen molar-refractivity contribution >= 4 is 21.8 Å². The van der Waals surface area contributed by atoms with Gasteiger partial charge in [-0.15, -0.1) is 0 Å². The Balaban J connectivity index is 2.49.